The molecule has 1 atom stereocenters. The van der Waals surface area contributed by atoms with Crippen LogP contribution in [-0.2, 0) is 16.0 Å². The standard InChI is InChI=1S/C12H12BrClN2O2/c1-2-7(13)12(18)16-10-3-6-4-11(17)15-9(6)5-8(10)14/h3,5,7H,2,4H2,1H3,(H,15,17)(H,16,18). The van der Waals surface area contributed by atoms with Crippen LogP contribution in [0.5, 0.6) is 0 Å². The molecule has 1 aromatic rings. The predicted octanol–water partition coefficient (Wildman–Crippen LogP) is 2.95. The maximum Gasteiger partial charge on any atom is 0.238 e. The molecule has 0 saturated carbocycles. The van der Waals surface area contributed by atoms with E-state index in [2.05, 4.69) is 26.6 Å². The van der Waals surface area contributed by atoms with Crippen LogP contribution in [0.15, 0.2) is 12.1 Å². The maximum atomic E-state index is 11.8. The van der Waals surface area contributed by atoms with Crippen LogP contribution in [0.4, 0.5) is 11.4 Å². The molecule has 2 rings (SSSR count). The molecule has 0 fully saturated rings. The first-order valence-electron chi connectivity index (χ1n) is 5.58. The Morgan fingerprint density at radius 3 is 3.00 bits per heavy atom. The zero-order valence-corrected chi connectivity index (χ0v) is 12.1. The van der Waals surface area contributed by atoms with E-state index >= 15 is 0 Å². The number of carbonyl (C=O) groups excluding carboxylic acids is 2. The monoisotopic (exact) mass is 330 g/mol. The third-order valence-electron chi connectivity index (χ3n) is 2.72. The summed E-state index contributed by atoms with van der Waals surface area (Å²) < 4.78 is 0. The normalized spacial score (nSPS) is 14.9. The van der Waals surface area contributed by atoms with Crippen LogP contribution >= 0.6 is 27.5 Å². The Labute approximate surface area is 118 Å². The average Bonchev–Trinajstić information content (AvgIpc) is 2.67. The van der Waals surface area contributed by atoms with Crippen molar-refractivity contribution < 1.29 is 9.59 Å². The van der Waals surface area contributed by atoms with Crippen molar-refractivity contribution in [3.63, 3.8) is 0 Å². The van der Waals surface area contributed by atoms with E-state index in [0.29, 0.717) is 29.2 Å². The van der Waals surface area contributed by atoms with Gasteiger partial charge in [-0.15, -0.1) is 0 Å². The van der Waals surface area contributed by atoms with Crippen molar-refractivity contribution in [3.05, 3.63) is 22.7 Å². The minimum Gasteiger partial charge on any atom is -0.325 e. The van der Waals surface area contributed by atoms with Gasteiger partial charge in [0.05, 0.1) is 22.0 Å². The molecular formula is C12H12BrClN2O2. The first kappa shape index (κ1) is 13.4. The molecule has 0 radical (unpaired) electrons. The van der Waals surface area contributed by atoms with Gasteiger partial charge in [-0.25, -0.2) is 0 Å². The van der Waals surface area contributed by atoms with E-state index in [1.165, 1.54) is 0 Å². The number of hydrogen-bond donors (Lipinski definition) is 2. The highest BCUT2D eigenvalue weighted by Gasteiger charge is 2.21. The number of benzene rings is 1. The fraction of sp³-hybridized carbons (Fsp3) is 0.333. The minimum absolute atomic E-state index is 0.0588. The second-order valence-electron chi connectivity index (χ2n) is 4.08. The zero-order valence-electron chi connectivity index (χ0n) is 9.72. The quantitative estimate of drug-likeness (QED) is 0.837. The van der Waals surface area contributed by atoms with E-state index < -0.39 is 0 Å². The molecule has 4 nitrogen and oxygen atoms in total. The van der Waals surface area contributed by atoms with Gasteiger partial charge in [-0.05, 0) is 24.1 Å². The molecule has 0 spiro atoms. The van der Waals surface area contributed by atoms with Crippen molar-refractivity contribution in [1.29, 1.82) is 0 Å². The van der Waals surface area contributed by atoms with Crippen molar-refractivity contribution in [2.24, 2.45) is 0 Å². The second-order valence-corrected chi connectivity index (χ2v) is 5.59. The summed E-state index contributed by atoms with van der Waals surface area (Å²) in [4.78, 5) is 22.8. The van der Waals surface area contributed by atoms with Gasteiger partial charge in [-0.2, -0.15) is 0 Å². The van der Waals surface area contributed by atoms with Gasteiger partial charge in [0.25, 0.3) is 0 Å². The van der Waals surface area contributed by atoms with E-state index in [1.807, 2.05) is 6.92 Å². The van der Waals surface area contributed by atoms with Gasteiger partial charge in [0.2, 0.25) is 11.8 Å². The Bertz CT molecular complexity index is 519. The van der Waals surface area contributed by atoms with Crippen molar-refractivity contribution in [2.75, 3.05) is 10.6 Å². The van der Waals surface area contributed by atoms with Crippen LogP contribution in [0.2, 0.25) is 5.02 Å². The third kappa shape index (κ3) is 2.67. The van der Waals surface area contributed by atoms with Crippen molar-refractivity contribution in [1.82, 2.24) is 0 Å². The Morgan fingerprint density at radius 2 is 2.33 bits per heavy atom. The molecule has 96 valence electrons. The number of hydrogen-bond acceptors (Lipinski definition) is 2. The second kappa shape index (κ2) is 5.28. The van der Waals surface area contributed by atoms with Crippen molar-refractivity contribution >= 4 is 50.7 Å². The molecule has 2 N–H and O–H groups in total. The number of alkyl halides is 1. The van der Waals surface area contributed by atoms with Crippen molar-refractivity contribution in [2.45, 2.75) is 24.6 Å². The molecule has 0 saturated heterocycles. The number of carbonyl (C=O) groups is 2. The van der Waals surface area contributed by atoms with E-state index in [0.717, 1.165) is 5.56 Å². The molecule has 1 aliphatic heterocycles. The zero-order chi connectivity index (χ0) is 13.3. The van der Waals surface area contributed by atoms with E-state index in [4.69, 9.17) is 11.6 Å². The minimum atomic E-state index is -0.249. The van der Waals surface area contributed by atoms with Crippen LogP contribution in [0, 0.1) is 0 Å². The van der Waals surface area contributed by atoms with Gasteiger partial charge in [0.1, 0.15) is 0 Å². The first-order chi connectivity index (χ1) is 8.51. The van der Waals surface area contributed by atoms with Gasteiger partial charge >= 0.3 is 0 Å². The highest BCUT2D eigenvalue weighted by Crippen LogP contribution is 2.33. The molecule has 1 aliphatic rings. The smallest absolute Gasteiger partial charge is 0.238 e. The summed E-state index contributed by atoms with van der Waals surface area (Å²) in [6.07, 6.45) is 1.01. The first-order valence-corrected chi connectivity index (χ1v) is 6.87. The summed E-state index contributed by atoms with van der Waals surface area (Å²) in [7, 11) is 0. The number of nitrogens with one attached hydrogen (secondary N) is 2. The Hall–Kier alpha value is -1.07. The molecule has 1 unspecified atom stereocenters. The van der Waals surface area contributed by atoms with E-state index in [9.17, 15) is 9.59 Å². The van der Waals surface area contributed by atoms with Gasteiger partial charge in [-0.3, -0.25) is 9.59 Å². The number of anilines is 2. The van der Waals surface area contributed by atoms with E-state index in [-0.39, 0.29) is 16.6 Å². The van der Waals surface area contributed by atoms with Gasteiger partial charge in [0, 0.05) is 5.69 Å². The maximum absolute atomic E-state index is 11.8. The Morgan fingerprint density at radius 1 is 1.61 bits per heavy atom. The molecule has 1 aromatic carbocycles. The fourth-order valence-electron chi connectivity index (χ4n) is 1.74. The lowest BCUT2D eigenvalue weighted by Gasteiger charge is -2.11. The molecule has 6 heteroatoms. The highest BCUT2D eigenvalue weighted by molar-refractivity contribution is 9.10. The molecule has 0 aliphatic carbocycles. The van der Waals surface area contributed by atoms with Gasteiger partial charge in [-0.1, -0.05) is 34.5 Å². The summed E-state index contributed by atoms with van der Waals surface area (Å²) in [5.74, 6) is -0.201. The molecule has 1 heterocycles. The van der Waals surface area contributed by atoms with Gasteiger partial charge in [0.15, 0.2) is 0 Å². The lowest BCUT2D eigenvalue weighted by atomic mass is 10.1. The van der Waals surface area contributed by atoms with Crippen LogP contribution in [-0.4, -0.2) is 16.6 Å². The third-order valence-corrected chi connectivity index (χ3v) is 4.09. The molecule has 18 heavy (non-hydrogen) atoms. The average molecular weight is 332 g/mol. The summed E-state index contributed by atoms with van der Waals surface area (Å²) in [5, 5.41) is 5.87. The van der Waals surface area contributed by atoms with Crippen LogP contribution in [0.25, 0.3) is 0 Å². The lowest BCUT2D eigenvalue weighted by Crippen LogP contribution is -2.22. The topological polar surface area (TPSA) is 58.2 Å². The largest absolute Gasteiger partial charge is 0.325 e. The van der Waals surface area contributed by atoms with Crippen LogP contribution in [0.3, 0.4) is 0 Å². The predicted molar refractivity (Wildman–Crippen MR) is 75.4 cm³/mol. The molecule has 0 bridgehead atoms. The SMILES string of the molecule is CCC(Br)C(=O)Nc1cc2c(cc1Cl)NC(=O)C2. The molecular weight excluding hydrogens is 320 g/mol. The number of rotatable bonds is 3. The number of fused-ring (bicyclic) bond motifs is 1. The Kier molecular flexibility index (Phi) is 3.92. The summed E-state index contributed by atoms with van der Waals surface area (Å²) in [6.45, 7) is 1.91. The van der Waals surface area contributed by atoms with E-state index in [1.54, 1.807) is 12.1 Å². The lowest BCUT2D eigenvalue weighted by molar-refractivity contribution is -0.116. The molecule has 2 amide bonds. The Balaban J connectivity index is 2.22. The fourth-order valence-corrected chi connectivity index (χ4v) is 2.07. The van der Waals surface area contributed by atoms with Crippen molar-refractivity contribution in [3.8, 4) is 0 Å². The summed E-state index contributed by atoms with van der Waals surface area (Å²) in [6, 6.07) is 3.40. The highest BCUT2D eigenvalue weighted by atomic mass is 79.9. The summed E-state index contributed by atoms with van der Waals surface area (Å²) in [5.41, 5.74) is 2.10. The molecule has 0 aromatic heterocycles. The number of halogens is 2. The summed E-state index contributed by atoms with van der Waals surface area (Å²) >= 11 is 9.34. The van der Waals surface area contributed by atoms with Crippen LogP contribution < -0.4 is 10.6 Å². The van der Waals surface area contributed by atoms with Gasteiger partial charge < -0.3 is 10.6 Å². The number of amides is 2. The van der Waals surface area contributed by atoms with Crippen LogP contribution in [0.1, 0.15) is 18.9 Å².